The van der Waals surface area contributed by atoms with Crippen molar-refractivity contribution in [1.82, 2.24) is 24.5 Å². The maximum absolute atomic E-state index is 12.6. The summed E-state index contributed by atoms with van der Waals surface area (Å²) in [6.07, 6.45) is 1.51. The molecule has 1 aliphatic rings. The molecule has 0 aliphatic carbocycles. The molecule has 0 spiro atoms. The van der Waals surface area contributed by atoms with E-state index >= 15 is 0 Å². The minimum atomic E-state index is -3.45. The van der Waals surface area contributed by atoms with E-state index in [2.05, 4.69) is 15.3 Å². The van der Waals surface area contributed by atoms with Gasteiger partial charge in [-0.15, -0.1) is 0 Å². The highest BCUT2D eigenvalue weighted by molar-refractivity contribution is 7.88. The van der Waals surface area contributed by atoms with Crippen LogP contribution in [0.4, 0.5) is 0 Å². The van der Waals surface area contributed by atoms with E-state index in [1.807, 2.05) is 13.8 Å². The lowest BCUT2D eigenvalue weighted by atomic mass is 10.1. The van der Waals surface area contributed by atoms with Gasteiger partial charge in [-0.25, -0.2) is 8.42 Å². The van der Waals surface area contributed by atoms with Crippen LogP contribution in [-0.4, -0.2) is 70.8 Å². The van der Waals surface area contributed by atoms with Gasteiger partial charge in [-0.3, -0.25) is 4.79 Å². The maximum Gasteiger partial charge on any atom is 0.259 e. The smallest absolute Gasteiger partial charge is 0.259 e. The summed E-state index contributed by atoms with van der Waals surface area (Å²) in [5.41, 5.74) is 0.973. The molecular formula is C17H25N5O5S. The molecule has 28 heavy (non-hydrogen) atoms. The van der Waals surface area contributed by atoms with Crippen molar-refractivity contribution in [3.8, 4) is 0 Å². The van der Waals surface area contributed by atoms with Crippen molar-refractivity contribution in [2.75, 3.05) is 25.9 Å². The van der Waals surface area contributed by atoms with E-state index in [4.69, 9.17) is 9.05 Å². The van der Waals surface area contributed by atoms with Crippen LogP contribution in [0.15, 0.2) is 9.05 Å². The van der Waals surface area contributed by atoms with Gasteiger partial charge in [0.1, 0.15) is 11.3 Å². The summed E-state index contributed by atoms with van der Waals surface area (Å²) in [5, 5.41) is 7.70. The average Bonchev–Trinajstić information content (AvgIpc) is 3.14. The standard InChI is InChI=1S/C17H25N5O5S/c1-10(2)16-18-14(20-27-16)6-7-22(28(5,24)25)13-8-21(9-13)17(23)15-11(3)19-26-12(15)4/h10,13H,6-9H2,1-5H3. The van der Waals surface area contributed by atoms with E-state index in [1.165, 1.54) is 10.6 Å². The van der Waals surface area contributed by atoms with Crippen molar-refractivity contribution in [3.05, 3.63) is 28.7 Å². The minimum Gasteiger partial charge on any atom is -0.361 e. The van der Waals surface area contributed by atoms with Crippen LogP contribution in [0.2, 0.25) is 0 Å². The second kappa shape index (κ2) is 7.63. The van der Waals surface area contributed by atoms with Gasteiger partial charge >= 0.3 is 0 Å². The lowest BCUT2D eigenvalue weighted by molar-refractivity contribution is 0.0451. The molecule has 0 unspecified atom stereocenters. The van der Waals surface area contributed by atoms with Crippen molar-refractivity contribution in [3.63, 3.8) is 0 Å². The molecule has 1 saturated heterocycles. The van der Waals surface area contributed by atoms with Gasteiger partial charge in [-0.1, -0.05) is 24.2 Å². The summed E-state index contributed by atoms with van der Waals surface area (Å²) in [5.74, 6) is 1.38. The van der Waals surface area contributed by atoms with Gasteiger partial charge < -0.3 is 13.9 Å². The maximum atomic E-state index is 12.6. The fraction of sp³-hybridized carbons (Fsp3) is 0.647. The Morgan fingerprint density at radius 1 is 1.25 bits per heavy atom. The number of nitrogens with zero attached hydrogens (tertiary/aromatic N) is 5. The summed E-state index contributed by atoms with van der Waals surface area (Å²) in [7, 11) is -3.45. The Bertz CT molecular complexity index is 939. The molecule has 1 amide bonds. The topological polar surface area (TPSA) is 123 Å². The predicted molar refractivity (Wildman–Crippen MR) is 99.3 cm³/mol. The number of aromatic nitrogens is 3. The van der Waals surface area contributed by atoms with Crippen LogP contribution in [0.25, 0.3) is 0 Å². The van der Waals surface area contributed by atoms with E-state index in [1.54, 1.807) is 18.7 Å². The normalized spacial score (nSPS) is 15.5. The number of amides is 1. The van der Waals surface area contributed by atoms with E-state index in [-0.39, 0.29) is 24.4 Å². The third-order valence-electron chi connectivity index (χ3n) is 4.76. The Morgan fingerprint density at radius 3 is 2.43 bits per heavy atom. The molecule has 0 atom stereocenters. The predicted octanol–water partition coefficient (Wildman–Crippen LogP) is 1.13. The van der Waals surface area contributed by atoms with Crippen molar-refractivity contribution in [2.45, 2.75) is 46.1 Å². The van der Waals surface area contributed by atoms with Crippen molar-refractivity contribution >= 4 is 15.9 Å². The number of hydrogen-bond acceptors (Lipinski definition) is 8. The highest BCUT2D eigenvalue weighted by Crippen LogP contribution is 2.23. The minimum absolute atomic E-state index is 0.114. The van der Waals surface area contributed by atoms with Crippen LogP contribution in [0.5, 0.6) is 0 Å². The molecule has 11 heteroatoms. The number of likely N-dealkylation sites (tertiary alicyclic amines) is 1. The molecule has 0 radical (unpaired) electrons. The first-order valence-electron chi connectivity index (χ1n) is 9.09. The fourth-order valence-electron chi connectivity index (χ4n) is 3.18. The van der Waals surface area contributed by atoms with E-state index in [0.29, 0.717) is 48.2 Å². The molecule has 2 aromatic rings. The number of hydrogen-bond donors (Lipinski definition) is 0. The Hall–Kier alpha value is -2.27. The van der Waals surface area contributed by atoms with Crippen molar-refractivity contribution in [2.24, 2.45) is 0 Å². The van der Waals surface area contributed by atoms with Gasteiger partial charge in [0.25, 0.3) is 5.91 Å². The summed E-state index contributed by atoms with van der Waals surface area (Å²) < 4.78 is 36.1. The second-order valence-corrected chi connectivity index (χ2v) is 9.33. The van der Waals surface area contributed by atoms with Crippen LogP contribution < -0.4 is 0 Å². The number of rotatable bonds is 7. The molecule has 0 saturated carbocycles. The zero-order valence-corrected chi connectivity index (χ0v) is 17.5. The molecule has 3 heterocycles. The Morgan fingerprint density at radius 2 is 1.93 bits per heavy atom. The van der Waals surface area contributed by atoms with Gasteiger partial charge in [0, 0.05) is 32.0 Å². The van der Waals surface area contributed by atoms with E-state index in [9.17, 15) is 13.2 Å². The number of carbonyl (C=O) groups excluding carboxylic acids is 1. The number of carbonyl (C=O) groups is 1. The van der Waals surface area contributed by atoms with E-state index < -0.39 is 10.0 Å². The summed E-state index contributed by atoms with van der Waals surface area (Å²) >= 11 is 0. The van der Waals surface area contributed by atoms with Crippen LogP contribution in [0, 0.1) is 13.8 Å². The van der Waals surface area contributed by atoms with Crippen LogP contribution in [-0.2, 0) is 16.4 Å². The van der Waals surface area contributed by atoms with Gasteiger partial charge in [0.15, 0.2) is 5.82 Å². The lowest BCUT2D eigenvalue weighted by Crippen LogP contribution is -2.62. The summed E-state index contributed by atoms with van der Waals surface area (Å²) in [6, 6.07) is -0.282. The van der Waals surface area contributed by atoms with Gasteiger partial charge in [0.2, 0.25) is 15.9 Å². The average molecular weight is 411 g/mol. The highest BCUT2D eigenvalue weighted by Gasteiger charge is 2.40. The molecule has 0 bridgehead atoms. The summed E-state index contributed by atoms with van der Waals surface area (Å²) in [6.45, 7) is 8.15. The zero-order chi connectivity index (χ0) is 20.6. The molecule has 0 N–H and O–H groups in total. The molecule has 1 fully saturated rings. The first-order valence-corrected chi connectivity index (χ1v) is 10.9. The molecule has 3 rings (SSSR count). The molecule has 0 aromatic carbocycles. The first kappa shape index (κ1) is 20.5. The second-order valence-electron chi connectivity index (χ2n) is 7.39. The van der Waals surface area contributed by atoms with Crippen LogP contribution in [0.3, 0.4) is 0 Å². The molecule has 2 aromatic heterocycles. The largest absolute Gasteiger partial charge is 0.361 e. The van der Waals surface area contributed by atoms with Crippen LogP contribution >= 0.6 is 0 Å². The molecule has 154 valence electrons. The van der Waals surface area contributed by atoms with E-state index in [0.717, 1.165) is 0 Å². The Labute approximate surface area is 163 Å². The first-order chi connectivity index (χ1) is 13.1. The Balaban J connectivity index is 1.63. The quantitative estimate of drug-likeness (QED) is 0.664. The highest BCUT2D eigenvalue weighted by atomic mass is 32.2. The molecule has 1 aliphatic heterocycles. The number of aryl methyl sites for hydroxylation is 2. The van der Waals surface area contributed by atoms with Gasteiger partial charge in [-0.2, -0.15) is 9.29 Å². The van der Waals surface area contributed by atoms with Crippen LogP contribution in [0.1, 0.15) is 53.3 Å². The van der Waals surface area contributed by atoms with Crippen molar-refractivity contribution < 1.29 is 22.3 Å². The fourth-order valence-corrected chi connectivity index (χ4v) is 4.28. The molecular weight excluding hydrogens is 386 g/mol. The monoisotopic (exact) mass is 411 g/mol. The lowest BCUT2D eigenvalue weighted by Gasteiger charge is -2.44. The third-order valence-corrected chi connectivity index (χ3v) is 6.10. The SMILES string of the molecule is Cc1noc(C)c1C(=O)N1CC(N(CCc2noc(C(C)C)n2)S(C)(=O)=O)C1. The van der Waals surface area contributed by atoms with Gasteiger partial charge in [-0.05, 0) is 13.8 Å². The van der Waals surface area contributed by atoms with Crippen molar-refractivity contribution in [1.29, 1.82) is 0 Å². The zero-order valence-electron chi connectivity index (χ0n) is 16.7. The van der Waals surface area contributed by atoms with Gasteiger partial charge in [0.05, 0.1) is 18.0 Å². The molecule has 10 nitrogen and oxygen atoms in total. The third kappa shape index (κ3) is 4.09. The number of sulfonamides is 1. The summed E-state index contributed by atoms with van der Waals surface area (Å²) in [4.78, 5) is 18.5. The Kier molecular flexibility index (Phi) is 5.57.